The third kappa shape index (κ3) is 2.71. The number of aliphatic carboxylic acids is 1. The molecule has 2 atom stereocenters. The average Bonchev–Trinajstić information content (AvgIpc) is 2.15. The van der Waals surface area contributed by atoms with E-state index in [9.17, 15) is 13.2 Å². The van der Waals surface area contributed by atoms with Crippen molar-refractivity contribution < 1.29 is 18.3 Å². The van der Waals surface area contributed by atoms with Gasteiger partial charge in [0.25, 0.3) is 0 Å². The molecule has 86 valence electrons. The minimum Gasteiger partial charge on any atom is -0.481 e. The van der Waals surface area contributed by atoms with E-state index >= 15 is 0 Å². The van der Waals surface area contributed by atoms with Crippen molar-refractivity contribution in [2.75, 3.05) is 6.26 Å². The fraction of sp³-hybridized carbons (Fsp3) is 0.667. The van der Waals surface area contributed by atoms with Crippen molar-refractivity contribution in [2.45, 2.75) is 25.8 Å². The van der Waals surface area contributed by atoms with Crippen molar-refractivity contribution in [3.8, 4) is 0 Å². The molecule has 1 aliphatic rings. The Hall–Kier alpha value is -1.04. The molecule has 0 aromatic carbocycles. The molecule has 1 aliphatic heterocycles. The van der Waals surface area contributed by atoms with Gasteiger partial charge in [0.2, 0.25) is 10.0 Å². The van der Waals surface area contributed by atoms with Gasteiger partial charge < -0.3 is 5.11 Å². The van der Waals surface area contributed by atoms with Gasteiger partial charge >= 0.3 is 5.97 Å². The molecular weight excluding hydrogens is 218 g/mol. The third-order valence-electron chi connectivity index (χ3n) is 2.52. The zero-order valence-corrected chi connectivity index (χ0v) is 9.57. The van der Waals surface area contributed by atoms with Crippen LogP contribution in [-0.2, 0) is 14.8 Å². The largest absolute Gasteiger partial charge is 0.481 e. The van der Waals surface area contributed by atoms with Crippen molar-refractivity contribution in [1.82, 2.24) is 4.31 Å². The molecule has 0 spiro atoms. The number of hydrogen-bond donors (Lipinski definition) is 1. The Morgan fingerprint density at radius 3 is 2.60 bits per heavy atom. The Balaban J connectivity index is 2.94. The van der Waals surface area contributed by atoms with Gasteiger partial charge in [-0.15, -0.1) is 0 Å². The number of sulfonamides is 1. The molecule has 0 saturated carbocycles. The van der Waals surface area contributed by atoms with Gasteiger partial charge in [-0.1, -0.05) is 13.0 Å². The van der Waals surface area contributed by atoms with Crippen LogP contribution in [0.5, 0.6) is 0 Å². The van der Waals surface area contributed by atoms with Crippen LogP contribution in [0.25, 0.3) is 0 Å². The number of carboxylic acid groups (broad SMARTS) is 1. The van der Waals surface area contributed by atoms with E-state index in [0.29, 0.717) is 12.8 Å². The van der Waals surface area contributed by atoms with Gasteiger partial charge in [0.05, 0.1) is 12.2 Å². The first-order chi connectivity index (χ1) is 6.86. The molecule has 2 unspecified atom stereocenters. The van der Waals surface area contributed by atoms with Crippen LogP contribution in [0, 0.1) is 5.92 Å². The molecule has 5 nitrogen and oxygen atoms in total. The summed E-state index contributed by atoms with van der Waals surface area (Å²) in [5, 5.41) is 8.82. The van der Waals surface area contributed by atoms with Crippen LogP contribution in [0.2, 0.25) is 0 Å². The highest BCUT2D eigenvalue weighted by Gasteiger charge is 2.30. The van der Waals surface area contributed by atoms with Crippen molar-refractivity contribution in [2.24, 2.45) is 5.92 Å². The smallest absolute Gasteiger partial charge is 0.310 e. The highest BCUT2D eigenvalue weighted by Crippen LogP contribution is 2.24. The van der Waals surface area contributed by atoms with Gasteiger partial charge in [-0.25, -0.2) is 8.42 Å². The van der Waals surface area contributed by atoms with Crippen LogP contribution in [0.1, 0.15) is 19.8 Å². The Morgan fingerprint density at radius 2 is 2.20 bits per heavy atom. The molecule has 1 N–H and O–H groups in total. The molecule has 0 radical (unpaired) electrons. The van der Waals surface area contributed by atoms with Crippen LogP contribution < -0.4 is 0 Å². The molecule has 0 aromatic rings. The third-order valence-corrected chi connectivity index (χ3v) is 3.71. The summed E-state index contributed by atoms with van der Waals surface area (Å²) in [6.45, 7) is 1.85. The van der Waals surface area contributed by atoms with Gasteiger partial charge in [0, 0.05) is 12.2 Å². The van der Waals surface area contributed by atoms with Gasteiger partial charge in [-0.05, 0) is 12.8 Å². The van der Waals surface area contributed by atoms with Gasteiger partial charge in [-0.2, -0.15) is 0 Å². The zero-order valence-electron chi connectivity index (χ0n) is 8.75. The van der Waals surface area contributed by atoms with Gasteiger partial charge in [0.1, 0.15) is 0 Å². The summed E-state index contributed by atoms with van der Waals surface area (Å²) in [4.78, 5) is 10.8. The Bertz CT molecular complexity index is 374. The van der Waals surface area contributed by atoms with E-state index in [0.717, 1.165) is 6.26 Å². The lowest BCUT2D eigenvalue weighted by atomic mass is 9.96. The first kappa shape index (κ1) is 12.0. The highest BCUT2D eigenvalue weighted by atomic mass is 32.2. The second-order valence-electron chi connectivity index (χ2n) is 3.68. The number of carboxylic acids is 1. The van der Waals surface area contributed by atoms with E-state index in [1.165, 1.54) is 16.6 Å². The van der Waals surface area contributed by atoms with Crippen molar-refractivity contribution in [1.29, 1.82) is 0 Å². The van der Waals surface area contributed by atoms with Crippen molar-refractivity contribution >= 4 is 16.0 Å². The van der Waals surface area contributed by atoms with E-state index < -0.39 is 21.9 Å². The standard InChI is InChI=1S/C9H15NO4S/c1-3-8-6-7(9(11)12)4-5-10(8)15(2,13)14/h4-5,7-8H,3,6H2,1-2H3,(H,11,12). The summed E-state index contributed by atoms with van der Waals surface area (Å²) in [7, 11) is -3.28. The summed E-state index contributed by atoms with van der Waals surface area (Å²) >= 11 is 0. The lowest BCUT2D eigenvalue weighted by molar-refractivity contribution is -0.140. The lowest BCUT2D eigenvalue weighted by Crippen LogP contribution is -2.40. The summed E-state index contributed by atoms with van der Waals surface area (Å²) < 4.78 is 24.0. The van der Waals surface area contributed by atoms with Crippen molar-refractivity contribution in [3.05, 3.63) is 12.3 Å². The van der Waals surface area contributed by atoms with E-state index in [1.807, 2.05) is 6.92 Å². The van der Waals surface area contributed by atoms with Gasteiger partial charge in [-0.3, -0.25) is 9.10 Å². The maximum Gasteiger partial charge on any atom is 0.310 e. The van der Waals surface area contributed by atoms with Crippen LogP contribution in [0.4, 0.5) is 0 Å². The molecule has 0 saturated heterocycles. The molecule has 1 rings (SSSR count). The summed E-state index contributed by atoms with van der Waals surface area (Å²) in [6.07, 6.45) is 4.87. The maximum atomic E-state index is 11.4. The summed E-state index contributed by atoms with van der Waals surface area (Å²) in [5.41, 5.74) is 0. The highest BCUT2D eigenvalue weighted by molar-refractivity contribution is 7.88. The first-order valence-electron chi connectivity index (χ1n) is 4.76. The predicted octanol–water partition coefficient (Wildman–Crippen LogP) is 0.645. The van der Waals surface area contributed by atoms with Crippen molar-refractivity contribution in [3.63, 3.8) is 0 Å². The zero-order chi connectivity index (χ0) is 11.6. The van der Waals surface area contributed by atoms with Crippen LogP contribution in [0.3, 0.4) is 0 Å². The predicted molar refractivity (Wildman–Crippen MR) is 55.6 cm³/mol. The fourth-order valence-corrected chi connectivity index (χ4v) is 2.77. The fourth-order valence-electron chi connectivity index (χ4n) is 1.70. The van der Waals surface area contributed by atoms with E-state index in [4.69, 9.17) is 5.11 Å². The number of hydrogen-bond acceptors (Lipinski definition) is 3. The molecule has 6 heteroatoms. The molecule has 0 amide bonds. The van der Waals surface area contributed by atoms with Gasteiger partial charge in [0.15, 0.2) is 0 Å². The van der Waals surface area contributed by atoms with E-state index in [1.54, 1.807) is 0 Å². The SMILES string of the molecule is CCC1CC(C(=O)O)C=CN1S(C)(=O)=O. The molecule has 0 aliphatic carbocycles. The molecule has 15 heavy (non-hydrogen) atoms. The van der Waals surface area contributed by atoms with Crippen LogP contribution >= 0.6 is 0 Å². The molecule has 0 bridgehead atoms. The average molecular weight is 233 g/mol. The molecular formula is C9H15NO4S. The van der Waals surface area contributed by atoms with Crippen LogP contribution in [0.15, 0.2) is 12.3 Å². The van der Waals surface area contributed by atoms with E-state index in [-0.39, 0.29) is 6.04 Å². The second kappa shape index (κ2) is 4.22. The number of carbonyl (C=O) groups is 1. The quantitative estimate of drug-likeness (QED) is 0.776. The lowest BCUT2D eigenvalue weighted by Gasteiger charge is -2.32. The van der Waals surface area contributed by atoms with E-state index in [2.05, 4.69) is 0 Å². The number of nitrogens with zero attached hydrogens (tertiary/aromatic N) is 1. The molecule has 1 heterocycles. The summed E-state index contributed by atoms with van der Waals surface area (Å²) in [6, 6.07) is -0.244. The monoisotopic (exact) mass is 233 g/mol. The molecule has 0 fully saturated rings. The number of rotatable bonds is 3. The Kier molecular flexibility index (Phi) is 3.38. The minimum absolute atomic E-state index is 0.244. The Labute approximate surface area is 89.4 Å². The van der Waals surface area contributed by atoms with Crippen LogP contribution in [-0.4, -0.2) is 36.1 Å². The second-order valence-corrected chi connectivity index (χ2v) is 5.56. The molecule has 0 aromatic heterocycles. The normalized spacial score (nSPS) is 26.7. The topological polar surface area (TPSA) is 74.7 Å². The maximum absolute atomic E-state index is 11.4. The Morgan fingerprint density at radius 1 is 1.60 bits per heavy atom. The minimum atomic E-state index is -3.28. The first-order valence-corrected chi connectivity index (χ1v) is 6.60. The summed E-state index contributed by atoms with van der Waals surface area (Å²) in [5.74, 6) is -1.48.